The molecule has 1 aromatic carbocycles. The van der Waals surface area contributed by atoms with Gasteiger partial charge < -0.3 is 15.2 Å². The van der Waals surface area contributed by atoms with Crippen molar-refractivity contribution in [2.24, 2.45) is 0 Å². The Hall–Kier alpha value is -1.85. The molecule has 2 atom stereocenters. The van der Waals surface area contributed by atoms with Crippen LogP contribution in [0.2, 0.25) is 0 Å². The molecule has 2 aliphatic rings. The maximum Gasteiger partial charge on any atom is 0.255 e. The van der Waals surface area contributed by atoms with Gasteiger partial charge in [0.05, 0.1) is 5.56 Å². The summed E-state index contributed by atoms with van der Waals surface area (Å²) in [6.45, 7) is 1.81. The van der Waals surface area contributed by atoms with Crippen LogP contribution < -0.4 is 10.9 Å². The molecule has 23 heavy (non-hydrogen) atoms. The lowest BCUT2D eigenvalue weighted by molar-refractivity contribution is 0.0682. The molecule has 1 aromatic heterocycles. The van der Waals surface area contributed by atoms with Crippen molar-refractivity contribution in [1.82, 2.24) is 15.2 Å². The van der Waals surface area contributed by atoms with Gasteiger partial charge in [-0.15, -0.1) is 12.4 Å². The van der Waals surface area contributed by atoms with Crippen molar-refractivity contribution < 1.29 is 4.79 Å². The number of amides is 1. The molecule has 2 bridgehead atoms. The van der Waals surface area contributed by atoms with E-state index in [1.807, 2.05) is 29.2 Å². The molecule has 6 heteroatoms. The van der Waals surface area contributed by atoms with Crippen LogP contribution in [0.3, 0.4) is 0 Å². The second-order valence-electron chi connectivity index (χ2n) is 6.18. The number of benzene rings is 1. The number of nitrogens with one attached hydrogen (secondary N) is 2. The lowest BCUT2D eigenvalue weighted by Gasteiger charge is -2.28. The summed E-state index contributed by atoms with van der Waals surface area (Å²) < 4.78 is 0. The fourth-order valence-electron chi connectivity index (χ4n) is 3.83. The van der Waals surface area contributed by atoms with Crippen molar-refractivity contribution in [2.75, 3.05) is 13.1 Å². The third-order valence-corrected chi connectivity index (χ3v) is 4.87. The Labute approximate surface area is 140 Å². The molecule has 0 radical (unpaired) electrons. The molecule has 2 aliphatic heterocycles. The highest BCUT2D eigenvalue weighted by Crippen LogP contribution is 2.30. The van der Waals surface area contributed by atoms with E-state index in [4.69, 9.17) is 0 Å². The monoisotopic (exact) mass is 333 g/mol. The molecule has 0 aliphatic carbocycles. The van der Waals surface area contributed by atoms with Gasteiger partial charge in [-0.2, -0.15) is 0 Å². The average molecular weight is 334 g/mol. The smallest absolute Gasteiger partial charge is 0.255 e. The van der Waals surface area contributed by atoms with Crippen LogP contribution in [0, 0.1) is 0 Å². The van der Waals surface area contributed by atoms with Crippen LogP contribution in [0.5, 0.6) is 0 Å². The van der Waals surface area contributed by atoms with Crippen LogP contribution >= 0.6 is 12.4 Å². The summed E-state index contributed by atoms with van der Waals surface area (Å²) in [5.74, 6) is -0.00139. The summed E-state index contributed by atoms with van der Waals surface area (Å²) in [4.78, 5) is 29.8. The van der Waals surface area contributed by atoms with Gasteiger partial charge >= 0.3 is 0 Å². The number of hydrogen-bond acceptors (Lipinski definition) is 3. The second-order valence-corrected chi connectivity index (χ2v) is 6.18. The summed E-state index contributed by atoms with van der Waals surface area (Å²) in [7, 11) is 0. The van der Waals surface area contributed by atoms with Crippen LogP contribution in [0.15, 0.2) is 35.1 Å². The number of para-hydroxylation sites is 1. The Kier molecular flexibility index (Phi) is 4.41. The van der Waals surface area contributed by atoms with Gasteiger partial charge in [0.15, 0.2) is 0 Å². The Bertz CT molecular complexity index is 775. The Balaban J connectivity index is 0.00000156. The number of aromatic amines is 1. The van der Waals surface area contributed by atoms with E-state index in [0.717, 1.165) is 43.3 Å². The van der Waals surface area contributed by atoms with Crippen molar-refractivity contribution in [3.05, 3.63) is 46.2 Å². The first-order chi connectivity index (χ1) is 10.7. The molecule has 2 unspecified atom stereocenters. The molecule has 2 saturated heterocycles. The van der Waals surface area contributed by atoms with E-state index >= 15 is 0 Å². The molecule has 0 spiro atoms. The number of carbonyl (C=O) groups is 1. The van der Waals surface area contributed by atoms with Crippen LogP contribution in [0.25, 0.3) is 10.9 Å². The minimum atomic E-state index is -0.220. The molecule has 3 heterocycles. The Morgan fingerprint density at radius 3 is 2.78 bits per heavy atom. The van der Waals surface area contributed by atoms with Gasteiger partial charge in [-0.3, -0.25) is 9.59 Å². The fourth-order valence-corrected chi connectivity index (χ4v) is 3.83. The van der Waals surface area contributed by atoms with Crippen LogP contribution in [-0.2, 0) is 0 Å². The van der Waals surface area contributed by atoms with Gasteiger partial charge in [0.1, 0.15) is 0 Å². The highest BCUT2D eigenvalue weighted by atomic mass is 35.5. The fraction of sp³-hybridized carbons (Fsp3) is 0.412. The minimum Gasteiger partial charge on any atom is -0.331 e. The van der Waals surface area contributed by atoms with Gasteiger partial charge in [-0.05, 0) is 31.9 Å². The average Bonchev–Trinajstić information content (AvgIpc) is 2.78. The molecule has 0 saturated carbocycles. The van der Waals surface area contributed by atoms with E-state index in [1.165, 1.54) is 6.07 Å². The summed E-state index contributed by atoms with van der Waals surface area (Å²) >= 11 is 0. The van der Waals surface area contributed by atoms with Crippen LogP contribution in [-0.4, -0.2) is 41.0 Å². The predicted octanol–water partition coefficient (Wildman–Crippen LogP) is 1.92. The topological polar surface area (TPSA) is 65.2 Å². The zero-order valence-corrected chi connectivity index (χ0v) is 13.6. The van der Waals surface area contributed by atoms with Crippen LogP contribution in [0.4, 0.5) is 0 Å². The molecule has 4 rings (SSSR count). The molecule has 5 nitrogen and oxygen atoms in total. The van der Waals surface area contributed by atoms with Crippen molar-refractivity contribution in [2.45, 2.75) is 31.3 Å². The molecular formula is C17H20ClN3O2. The molecule has 2 fully saturated rings. The SMILES string of the molecule is Cl.O=C(c1cc(=O)[nH]c2ccccc12)N1C2CCNCC1CC2. The van der Waals surface area contributed by atoms with E-state index in [2.05, 4.69) is 10.3 Å². The number of nitrogens with zero attached hydrogens (tertiary/aromatic N) is 1. The van der Waals surface area contributed by atoms with Gasteiger partial charge in [0, 0.05) is 35.6 Å². The number of halogens is 1. The lowest BCUT2D eigenvalue weighted by Crippen LogP contribution is -2.42. The van der Waals surface area contributed by atoms with Crippen molar-refractivity contribution in [1.29, 1.82) is 0 Å². The number of hydrogen-bond donors (Lipinski definition) is 2. The zero-order valence-electron chi connectivity index (χ0n) is 12.7. The summed E-state index contributed by atoms with van der Waals surface area (Å²) in [6.07, 6.45) is 3.10. The molecule has 122 valence electrons. The number of rotatable bonds is 1. The maximum atomic E-state index is 13.1. The summed E-state index contributed by atoms with van der Waals surface area (Å²) in [5, 5.41) is 4.22. The van der Waals surface area contributed by atoms with E-state index in [1.54, 1.807) is 0 Å². The number of aromatic nitrogens is 1. The van der Waals surface area contributed by atoms with Gasteiger partial charge in [0.25, 0.3) is 5.91 Å². The van der Waals surface area contributed by atoms with Crippen molar-refractivity contribution in [3.8, 4) is 0 Å². The van der Waals surface area contributed by atoms with Gasteiger partial charge in [-0.1, -0.05) is 18.2 Å². The van der Waals surface area contributed by atoms with E-state index < -0.39 is 0 Å². The molecular weight excluding hydrogens is 314 g/mol. The predicted molar refractivity (Wildman–Crippen MR) is 92.3 cm³/mol. The van der Waals surface area contributed by atoms with Crippen LogP contribution in [0.1, 0.15) is 29.6 Å². The quantitative estimate of drug-likeness (QED) is 0.838. The van der Waals surface area contributed by atoms with Crippen molar-refractivity contribution in [3.63, 3.8) is 0 Å². The standard InChI is InChI=1S/C17H19N3O2.ClH/c21-16-9-14(13-3-1-2-4-15(13)19-16)17(22)20-11-5-6-12(20)10-18-8-7-11;/h1-4,9,11-12,18H,5-8,10H2,(H,19,21);1H. The third kappa shape index (κ3) is 2.75. The normalized spacial score (nSPS) is 23.4. The number of fused-ring (bicyclic) bond motifs is 3. The molecule has 1 amide bonds. The molecule has 2 aromatic rings. The highest BCUT2D eigenvalue weighted by molar-refractivity contribution is 6.06. The summed E-state index contributed by atoms with van der Waals surface area (Å²) in [5.41, 5.74) is 1.03. The second kappa shape index (κ2) is 6.34. The van der Waals surface area contributed by atoms with Gasteiger partial charge in [0.2, 0.25) is 5.56 Å². The van der Waals surface area contributed by atoms with E-state index in [0.29, 0.717) is 11.6 Å². The van der Waals surface area contributed by atoms with E-state index in [-0.39, 0.29) is 29.9 Å². The highest BCUT2D eigenvalue weighted by Gasteiger charge is 2.38. The Morgan fingerprint density at radius 1 is 1.13 bits per heavy atom. The first kappa shape index (κ1) is 16.0. The first-order valence-corrected chi connectivity index (χ1v) is 7.89. The van der Waals surface area contributed by atoms with E-state index in [9.17, 15) is 9.59 Å². The minimum absolute atomic E-state index is 0. The van der Waals surface area contributed by atoms with Crippen molar-refractivity contribution >= 4 is 29.2 Å². The summed E-state index contributed by atoms with van der Waals surface area (Å²) in [6, 6.07) is 9.50. The largest absolute Gasteiger partial charge is 0.331 e. The number of carbonyl (C=O) groups excluding carboxylic acids is 1. The molecule has 2 N–H and O–H groups in total. The van der Waals surface area contributed by atoms with Gasteiger partial charge in [-0.25, -0.2) is 0 Å². The number of H-pyrrole nitrogens is 1. The first-order valence-electron chi connectivity index (χ1n) is 7.89. The Morgan fingerprint density at radius 2 is 1.91 bits per heavy atom. The lowest BCUT2D eigenvalue weighted by atomic mass is 10.1. The third-order valence-electron chi connectivity index (χ3n) is 4.87. The maximum absolute atomic E-state index is 13.1. The number of pyridine rings is 1. The zero-order chi connectivity index (χ0) is 15.1.